The Kier molecular flexibility index (Phi) is 5.36. The second kappa shape index (κ2) is 7.68. The van der Waals surface area contributed by atoms with E-state index in [1.807, 2.05) is 48.5 Å². The number of hydrogen-bond acceptors (Lipinski definition) is 3. The van der Waals surface area contributed by atoms with Gasteiger partial charge in [0.2, 0.25) is 5.91 Å². The lowest BCUT2D eigenvalue weighted by Crippen LogP contribution is -2.34. The lowest BCUT2D eigenvalue weighted by atomic mass is 9.97. The Bertz CT molecular complexity index is 820. The Balaban J connectivity index is 0.00000182. The molecular formula is C19H21ClN4O. The zero-order chi connectivity index (χ0) is 16.4. The molecule has 2 aromatic carbocycles. The van der Waals surface area contributed by atoms with Gasteiger partial charge >= 0.3 is 0 Å². The van der Waals surface area contributed by atoms with E-state index in [9.17, 15) is 4.79 Å². The van der Waals surface area contributed by atoms with Gasteiger partial charge < -0.3 is 15.6 Å². The quantitative estimate of drug-likeness (QED) is 0.671. The van der Waals surface area contributed by atoms with Crippen LogP contribution in [0.4, 0.5) is 5.69 Å². The minimum atomic E-state index is 0. The summed E-state index contributed by atoms with van der Waals surface area (Å²) in [6.45, 7) is 1.84. The first-order valence-corrected chi connectivity index (χ1v) is 8.36. The number of rotatable bonds is 3. The topological polar surface area (TPSA) is 69.8 Å². The van der Waals surface area contributed by atoms with Crippen LogP contribution in [0.3, 0.4) is 0 Å². The molecule has 3 aromatic rings. The van der Waals surface area contributed by atoms with Crippen molar-refractivity contribution in [3.63, 3.8) is 0 Å². The average Bonchev–Trinajstić information content (AvgIpc) is 3.07. The number of piperidine rings is 1. The molecule has 1 aliphatic heterocycles. The standard InChI is InChI=1S/C19H20N4O.ClH/c24-19(14-9-11-20-12-10-14)21-15-7-5-13(6-8-15)18-22-16-3-1-2-4-17(16)23-18;/h1-8,14,20H,9-12H2,(H,21,24)(H,22,23);1H. The number of nitrogens with zero attached hydrogens (tertiary/aromatic N) is 1. The van der Waals surface area contributed by atoms with Crippen LogP contribution in [0.1, 0.15) is 12.8 Å². The zero-order valence-electron chi connectivity index (χ0n) is 13.8. The van der Waals surface area contributed by atoms with E-state index in [4.69, 9.17) is 0 Å². The summed E-state index contributed by atoms with van der Waals surface area (Å²) in [7, 11) is 0. The van der Waals surface area contributed by atoms with Gasteiger partial charge in [0, 0.05) is 17.2 Å². The van der Waals surface area contributed by atoms with Gasteiger partial charge in [0.25, 0.3) is 0 Å². The van der Waals surface area contributed by atoms with E-state index in [-0.39, 0.29) is 24.2 Å². The molecule has 1 aromatic heterocycles. The molecule has 3 N–H and O–H groups in total. The summed E-state index contributed by atoms with van der Waals surface area (Å²) in [5, 5.41) is 6.30. The smallest absolute Gasteiger partial charge is 0.227 e. The number of hydrogen-bond donors (Lipinski definition) is 3. The van der Waals surface area contributed by atoms with Crippen LogP contribution in [0.5, 0.6) is 0 Å². The fourth-order valence-electron chi connectivity index (χ4n) is 3.13. The number of para-hydroxylation sites is 2. The van der Waals surface area contributed by atoms with Crippen LogP contribution in [-0.2, 0) is 4.79 Å². The third kappa shape index (κ3) is 3.83. The summed E-state index contributed by atoms with van der Waals surface area (Å²) in [5.41, 5.74) is 3.82. The second-order valence-corrected chi connectivity index (χ2v) is 6.19. The molecule has 0 saturated carbocycles. The van der Waals surface area contributed by atoms with Gasteiger partial charge in [-0.3, -0.25) is 4.79 Å². The maximum Gasteiger partial charge on any atom is 0.227 e. The van der Waals surface area contributed by atoms with E-state index >= 15 is 0 Å². The molecule has 0 aliphatic carbocycles. The number of aromatic amines is 1. The first-order chi connectivity index (χ1) is 11.8. The summed E-state index contributed by atoms with van der Waals surface area (Å²) in [4.78, 5) is 20.2. The summed E-state index contributed by atoms with van der Waals surface area (Å²) in [6, 6.07) is 15.8. The van der Waals surface area contributed by atoms with E-state index in [2.05, 4.69) is 20.6 Å². The van der Waals surface area contributed by atoms with E-state index in [1.165, 1.54) is 0 Å². The Morgan fingerprint density at radius 1 is 1.04 bits per heavy atom. The molecule has 1 fully saturated rings. The van der Waals surface area contributed by atoms with Crippen LogP contribution < -0.4 is 10.6 Å². The summed E-state index contributed by atoms with van der Waals surface area (Å²) in [5.74, 6) is 1.07. The van der Waals surface area contributed by atoms with Crippen LogP contribution in [0.2, 0.25) is 0 Å². The average molecular weight is 357 g/mol. The molecule has 1 aliphatic rings. The van der Waals surface area contributed by atoms with E-state index in [1.54, 1.807) is 0 Å². The number of carbonyl (C=O) groups is 1. The maximum atomic E-state index is 12.3. The number of aromatic nitrogens is 2. The van der Waals surface area contributed by atoms with Crippen molar-refractivity contribution in [3.05, 3.63) is 48.5 Å². The molecule has 1 amide bonds. The number of benzene rings is 2. The number of anilines is 1. The molecule has 1 saturated heterocycles. The highest BCUT2D eigenvalue weighted by atomic mass is 35.5. The Labute approximate surface area is 152 Å². The summed E-state index contributed by atoms with van der Waals surface area (Å²) in [6.07, 6.45) is 1.81. The molecule has 6 heteroatoms. The molecule has 0 spiro atoms. The number of nitrogens with one attached hydrogen (secondary N) is 3. The summed E-state index contributed by atoms with van der Waals surface area (Å²) >= 11 is 0. The van der Waals surface area contributed by atoms with E-state index in [0.29, 0.717) is 0 Å². The van der Waals surface area contributed by atoms with Crippen molar-refractivity contribution in [3.8, 4) is 11.4 Å². The highest BCUT2D eigenvalue weighted by molar-refractivity contribution is 5.93. The monoisotopic (exact) mass is 356 g/mol. The number of amides is 1. The fraction of sp³-hybridized carbons (Fsp3) is 0.263. The Morgan fingerprint density at radius 2 is 1.76 bits per heavy atom. The number of halogens is 1. The predicted octanol–water partition coefficient (Wildman–Crippen LogP) is 3.59. The van der Waals surface area contributed by atoms with Crippen molar-refractivity contribution in [1.29, 1.82) is 0 Å². The van der Waals surface area contributed by atoms with Crippen LogP contribution in [0.25, 0.3) is 22.4 Å². The maximum absolute atomic E-state index is 12.3. The Morgan fingerprint density at radius 3 is 2.48 bits per heavy atom. The van der Waals surface area contributed by atoms with Crippen molar-refractivity contribution in [2.45, 2.75) is 12.8 Å². The molecule has 0 radical (unpaired) electrons. The van der Waals surface area contributed by atoms with Crippen molar-refractivity contribution < 1.29 is 4.79 Å². The molecule has 0 atom stereocenters. The van der Waals surface area contributed by atoms with Gasteiger partial charge in [0.15, 0.2) is 0 Å². The molecule has 4 rings (SSSR count). The van der Waals surface area contributed by atoms with Crippen molar-refractivity contribution >= 4 is 35.0 Å². The van der Waals surface area contributed by atoms with Gasteiger partial charge in [-0.05, 0) is 62.3 Å². The van der Waals surface area contributed by atoms with Gasteiger partial charge in [-0.25, -0.2) is 4.98 Å². The normalized spacial score (nSPS) is 14.9. The third-order valence-electron chi connectivity index (χ3n) is 4.53. The predicted molar refractivity (Wildman–Crippen MR) is 103 cm³/mol. The fourth-order valence-corrected chi connectivity index (χ4v) is 3.13. The summed E-state index contributed by atoms with van der Waals surface area (Å²) < 4.78 is 0. The largest absolute Gasteiger partial charge is 0.338 e. The highest BCUT2D eigenvalue weighted by Gasteiger charge is 2.20. The molecular weight excluding hydrogens is 336 g/mol. The molecule has 5 nitrogen and oxygen atoms in total. The number of imidazole rings is 1. The van der Waals surface area contributed by atoms with Crippen LogP contribution in [0, 0.1) is 5.92 Å². The molecule has 0 bridgehead atoms. The van der Waals surface area contributed by atoms with Gasteiger partial charge in [-0.15, -0.1) is 12.4 Å². The minimum absolute atomic E-state index is 0. The van der Waals surface area contributed by atoms with Crippen LogP contribution in [0.15, 0.2) is 48.5 Å². The van der Waals surface area contributed by atoms with E-state index < -0.39 is 0 Å². The van der Waals surface area contributed by atoms with Gasteiger partial charge in [0.1, 0.15) is 5.82 Å². The minimum Gasteiger partial charge on any atom is -0.338 e. The first kappa shape index (κ1) is 17.5. The lowest BCUT2D eigenvalue weighted by Gasteiger charge is -2.21. The SMILES string of the molecule is Cl.O=C(Nc1ccc(-c2nc3ccccc3[nH]2)cc1)C1CCNCC1. The highest BCUT2D eigenvalue weighted by Crippen LogP contribution is 2.22. The Hall–Kier alpha value is -2.37. The molecule has 25 heavy (non-hydrogen) atoms. The van der Waals surface area contributed by atoms with Crippen LogP contribution >= 0.6 is 12.4 Å². The second-order valence-electron chi connectivity index (χ2n) is 6.19. The first-order valence-electron chi connectivity index (χ1n) is 8.36. The van der Waals surface area contributed by atoms with Gasteiger partial charge in [0.05, 0.1) is 11.0 Å². The zero-order valence-corrected chi connectivity index (χ0v) is 14.6. The van der Waals surface area contributed by atoms with Crippen molar-refractivity contribution in [2.75, 3.05) is 18.4 Å². The molecule has 2 heterocycles. The van der Waals surface area contributed by atoms with Gasteiger partial charge in [-0.2, -0.15) is 0 Å². The van der Waals surface area contributed by atoms with E-state index in [0.717, 1.165) is 54.0 Å². The third-order valence-corrected chi connectivity index (χ3v) is 4.53. The molecule has 130 valence electrons. The van der Waals surface area contributed by atoms with Crippen molar-refractivity contribution in [1.82, 2.24) is 15.3 Å². The van der Waals surface area contributed by atoms with Crippen LogP contribution in [-0.4, -0.2) is 29.0 Å². The van der Waals surface area contributed by atoms with Gasteiger partial charge in [-0.1, -0.05) is 12.1 Å². The number of fused-ring (bicyclic) bond motifs is 1. The number of carbonyl (C=O) groups excluding carboxylic acids is 1. The molecule has 0 unspecified atom stereocenters. The number of H-pyrrole nitrogens is 1. The lowest BCUT2D eigenvalue weighted by molar-refractivity contribution is -0.120. The van der Waals surface area contributed by atoms with Crippen molar-refractivity contribution in [2.24, 2.45) is 5.92 Å².